The summed E-state index contributed by atoms with van der Waals surface area (Å²) in [6.07, 6.45) is -0.455. The molecule has 0 bridgehead atoms. The van der Waals surface area contributed by atoms with Crippen molar-refractivity contribution in [3.05, 3.63) is 52.3 Å². The fraction of sp³-hybridized carbons (Fsp3) is 0.286. The molecular weight excluding hydrogens is 322 g/mol. The number of alkyl carbamates (subject to hydrolysis) is 1. The van der Waals surface area contributed by atoms with Crippen molar-refractivity contribution in [3.8, 4) is 0 Å². The zero-order valence-corrected chi connectivity index (χ0v) is 12.9. The molecule has 0 aliphatic carbocycles. The Hall–Kier alpha value is -1.82. The zero-order chi connectivity index (χ0) is 14.5. The van der Waals surface area contributed by atoms with E-state index in [1.54, 1.807) is 4.68 Å². The Balaban J connectivity index is 1.85. The predicted octanol–water partition coefficient (Wildman–Crippen LogP) is 3.17. The highest BCUT2D eigenvalue weighted by Gasteiger charge is 2.14. The van der Waals surface area contributed by atoms with Gasteiger partial charge in [-0.1, -0.05) is 30.3 Å². The van der Waals surface area contributed by atoms with Crippen LogP contribution >= 0.6 is 15.9 Å². The van der Waals surface area contributed by atoms with Crippen LogP contribution < -0.4 is 5.32 Å². The van der Waals surface area contributed by atoms with Crippen LogP contribution in [0.5, 0.6) is 0 Å². The maximum Gasteiger partial charge on any atom is 0.407 e. The van der Waals surface area contributed by atoms with Gasteiger partial charge in [0.2, 0.25) is 0 Å². The number of amides is 1. The highest BCUT2D eigenvalue weighted by atomic mass is 79.9. The van der Waals surface area contributed by atoms with Gasteiger partial charge < -0.3 is 10.1 Å². The lowest BCUT2D eigenvalue weighted by molar-refractivity contribution is 0.136. The number of halogens is 1. The first-order valence-corrected chi connectivity index (χ1v) is 7.02. The van der Waals surface area contributed by atoms with E-state index in [-0.39, 0.29) is 12.6 Å². The van der Waals surface area contributed by atoms with Gasteiger partial charge in [-0.3, -0.25) is 4.68 Å². The average molecular weight is 338 g/mol. The second-order valence-corrected chi connectivity index (χ2v) is 5.26. The first-order valence-electron chi connectivity index (χ1n) is 6.23. The summed E-state index contributed by atoms with van der Waals surface area (Å²) in [6.45, 7) is 2.11. The number of carbonyl (C=O) groups excluding carboxylic acids is 1. The van der Waals surface area contributed by atoms with Crippen molar-refractivity contribution in [3.63, 3.8) is 0 Å². The van der Waals surface area contributed by atoms with Crippen LogP contribution in [-0.2, 0) is 18.4 Å². The van der Waals surface area contributed by atoms with Crippen LogP contribution in [0.15, 0.2) is 41.0 Å². The summed E-state index contributed by atoms with van der Waals surface area (Å²) in [5.41, 5.74) is 1.73. The Labute approximate surface area is 126 Å². The van der Waals surface area contributed by atoms with Gasteiger partial charge in [-0.2, -0.15) is 5.10 Å². The Bertz CT molecular complexity index is 564. The van der Waals surface area contributed by atoms with Crippen molar-refractivity contribution < 1.29 is 9.53 Å². The van der Waals surface area contributed by atoms with Gasteiger partial charge in [-0.15, -0.1) is 0 Å². The molecular formula is C14H16BrN3O2. The largest absolute Gasteiger partial charge is 0.445 e. The molecule has 1 unspecified atom stereocenters. The summed E-state index contributed by atoms with van der Waals surface area (Å²) >= 11 is 3.37. The number of benzene rings is 1. The van der Waals surface area contributed by atoms with Gasteiger partial charge in [0, 0.05) is 7.05 Å². The van der Waals surface area contributed by atoms with Crippen LogP contribution in [0, 0.1) is 0 Å². The number of ether oxygens (including phenoxy) is 1. The zero-order valence-electron chi connectivity index (χ0n) is 11.3. The minimum atomic E-state index is -0.455. The minimum absolute atomic E-state index is 0.212. The smallest absolute Gasteiger partial charge is 0.407 e. The minimum Gasteiger partial charge on any atom is -0.445 e. The van der Waals surface area contributed by atoms with Crippen LogP contribution in [0.25, 0.3) is 0 Å². The third kappa shape index (κ3) is 3.84. The molecule has 2 aromatic rings. The molecule has 1 aromatic heterocycles. The Morgan fingerprint density at radius 3 is 2.75 bits per heavy atom. The van der Waals surface area contributed by atoms with Crippen molar-refractivity contribution in [1.82, 2.24) is 15.1 Å². The molecule has 1 N–H and O–H groups in total. The summed E-state index contributed by atoms with van der Waals surface area (Å²) < 4.78 is 7.72. The number of nitrogens with one attached hydrogen (secondary N) is 1. The van der Waals surface area contributed by atoms with Gasteiger partial charge >= 0.3 is 6.09 Å². The fourth-order valence-electron chi connectivity index (χ4n) is 1.69. The van der Waals surface area contributed by atoms with Crippen molar-refractivity contribution in [2.75, 3.05) is 0 Å². The van der Waals surface area contributed by atoms with E-state index in [1.165, 1.54) is 0 Å². The van der Waals surface area contributed by atoms with Crippen LogP contribution in [-0.4, -0.2) is 15.9 Å². The SMILES string of the molecule is CC(NC(=O)OCc1ccccc1)c1cc(Br)n(C)n1. The van der Waals surface area contributed by atoms with E-state index in [1.807, 2.05) is 50.4 Å². The van der Waals surface area contributed by atoms with Gasteiger partial charge in [-0.25, -0.2) is 4.79 Å². The highest BCUT2D eigenvalue weighted by Crippen LogP contribution is 2.16. The standard InChI is InChI=1S/C14H16BrN3O2/c1-10(12-8-13(15)18(2)17-12)16-14(19)20-9-11-6-4-3-5-7-11/h3-8,10H,9H2,1-2H3,(H,16,19). The van der Waals surface area contributed by atoms with Crippen molar-refractivity contribution >= 4 is 22.0 Å². The van der Waals surface area contributed by atoms with E-state index >= 15 is 0 Å². The topological polar surface area (TPSA) is 56.1 Å². The number of hydrogen-bond donors (Lipinski definition) is 1. The summed E-state index contributed by atoms with van der Waals surface area (Å²) in [6, 6.07) is 11.2. The van der Waals surface area contributed by atoms with E-state index in [0.717, 1.165) is 15.9 Å². The van der Waals surface area contributed by atoms with Crippen LogP contribution in [0.3, 0.4) is 0 Å². The summed E-state index contributed by atoms with van der Waals surface area (Å²) in [4.78, 5) is 11.7. The van der Waals surface area contributed by atoms with Gasteiger partial charge in [-0.05, 0) is 34.5 Å². The number of hydrogen-bond acceptors (Lipinski definition) is 3. The molecule has 0 saturated carbocycles. The quantitative estimate of drug-likeness (QED) is 0.932. The van der Waals surface area contributed by atoms with Crippen molar-refractivity contribution in [2.45, 2.75) is 19.6 Å². The summed E-state index contributed by atoms with van der Waals surface area (Å²) in [7, 11) is 1.83. The molecule has 1 aromatic carbocycles. The molecule has 106 valence electrons. The van der Waals surface area contributed by atoms with Crippen LogP contribution in [0.1, 0.15) is 24.2 Å². The fourth-order valence-corrected chi connectivity index (χ4v) is 2.01. The van der Waals surface area contributed by atoms with Crippen LogP contribution in [0.4, 0.5) is 4.79 Å². The first-order chi connectivity index (χ1) is 9.56. The molecule has 0 radical (unpaired) electrons. The second-order valence-electron chi connectivity index (χ2n) is 4.44. The van der Waals surface area contributed by atoms with Gasteiger partial charge in [0.25, 0.3) is 0 Å². The molecule has 1 amide bonds. The Morgan fingerprint density at radius 2 is 2.15 bits per heavy atom. The number of aryl methyl sites for hydroxylation is 1. The third-order valence-electron chi connectivity index (χ3n) is 2.83. The molecule has 0 saturated heterocycles. The summed E-state index contributed by atoms with van der Waals surface area (Å²) in [5.74, 6) is 0. The highest BCUT2D eigenvalue weighted by molar-refractivity contribution is 9.10. The van der Waals surface area contributed by atoms with E-state index in [4.69, 9.17) is 4.74 Å². The normalized spacial score (nSPS) is 11.9. The third-order valence-corrected chi connectivity index (χ3v) is 3.57. The molecule has 1 heterocycles. The first kappa shape index (κ1) is 14.6. The molecule has 2 rings (SSSR count). The van der Waals surface area contributed by atoms with Crippen LogP contribution in [0.2, 0.25) is 0 Å². The average Bonchev–Trinajstić information content (AvgIpc) is 2.78. The molecule has 0 aliphatic heterocycles. The number of rotatable bonds is 4. The predicted molar refractivity (Wildman–Crippen MR) is 79.1 cm³/mol. The van der Waals surface area contributed by atoms with E-state index < -0.39 is 6.09 Å². The molecule has 0 fully saturated rings. The molecule has 5 nitrogen and oxygen atoms in total. The van der Waals surface area contributed by atoms with E-state index in [9.17, 15) is 4.79 Å². The van der Waals surface area contributed by atoms with E-state index in [2.05, 4.69) is 26.3 Å². The lowest BCUT2D eigenvalue weighted by Gasteiger charge is -2.11. The molecule has 6 heteroatoms. The Morgan fingerprint density at radius 1 is 1.45 bits per heavy atom. The van der Waals surface area contributed by atoms with Crippen molar-refractivity contribution in [1.29, 1.82) is 0 Å². The van der Waals surface area contributed by atoms with Gasteiger partial charge in [0.1, 0.15) is 11.2 Å². The second kappa shape index (κ2) is 6.56. The molecule has 0 aliphatic rings. The summed E-state index contributed by atoms with van der Waals surface area (Å²) in [5, 5.41) is 7.03. The lowest BCUT2D eigenvalue weighted by Crippen LogP contribution is -2.27. The number of aromatic nitrogens is 2. The monoisotopic (exact) mass is 337 g/mol. The lowest BCUT2D eigenvalue weighted by atomic mass is 10.2. The van der Waals surface area contributed by atoms with Crippen molar-refractivity contribution in [2.24, 2.45) is 7.05 Å². The number of carbonyl (C=O) groups is 1. The van der Waals surface area contributed by atoms with E-state index in [0.29, 0.717) is 0 Å². The van der Waals surface area contributed by atoms with Gasteiger partial charge in [0.15, 0.2) is 0 Å². The maximum absolute atomic E-state index is 11.7. The van der Waals surface area contributed by atoms with Gasteiger partial charge in [0.05, 0.1) is 11.7 Å². The molecule has 0 spiro atoms. The number of nitrogens with zero attached hydrogens (tertiary/aromatic N) is 2. The molecule has 1 atom stereocenters. The maximum atomic E-state index is 11.7. The Kier molecular flexibility index (Phi) is 4.79. The molecule has 20 heavy (non-hydrogen) atoms.